The van der Waals surface area contributed by atoms with Gasteiger partial charge in [-0.2, -0.15) is 0 Å². The smallest absolute Gasteiger partial charge is 0.209 e. The molecule has 1 aliphatic carbocycles. The van der Waals surface area contributed by atoms with Crippen LogP contribution in [0.2, 0.25) is 0 Å². The fourth-order valence-electron chi connectivity index (χ4n) is 5.36. The van der Waals surface area contributed by atoms with Gasteiger partial charge in [0.05, 0.1) is 17.1 Å². The third-order valence-electron chi connectivity index (χ3n) is 7.09. The monoisotopic (exact) mass is 433 g/mol. The molecule has 0 bridgehead atoms. The van der Waals surface area contributed by atoms with E-state index in [1.807, 2.05) is 36.4 Å². The molecule has 0 fully saturated rings. The number of ketones is 1. The number of Topliss-reactive ketones (excluding diaryl/α,β-unsaturated/α-hetero) is 1. The number of benzene rings is 3. The van der Waals surface area contributed by atoms with Gasteiger partial charge in [0.15, 0.2) is 5.78 Å². The van der Waals surface area contributed by atoms with Crippen LogP contribution in [0.1, 0.15) is 61.3 Å². The summed E-state index contributed by atoms with van der Waals surface area (Å²) >= 11 is 0. The Bertz CT molecular complexity index is 1380. The molecule has 2 heterocycles. The quantitative estimate of drug-likeness (QED) is 0.397. The van der Waals surface area contributed by atoms with E-state index in [0.29, 0.717) is 12.3 Å². The first kappa shape index (κ1) is 20.0. The minimum Gasteiger partial charge on any atom is -0.329 e. The van der Waals surface area contributed by atoms with Crippen LogP contribution in [0.15, 0.2) is 90.1 Å². The highest BCUT2D eigenvalue weighted by atomic mass is 16.1. The molecule has 2 atom stereocenters. The molecular formula is C29H27N3O. The number of nitrogens with one attached hydrogen (secondary N) is 1. The van der Waals surface area contributed by atoms with Gasteiger partial charge in [-0.05, 0) is 47.1 Å². The molecule has 33 heavy (non-hydrogen) atoms. The summed E-state index contributed by atoms with van der Waals surface area (Å²) in [7, 11) is 0. The summed E-state index contributed by atoms with van der Waals surface area (Å²) in [6.07, 6.45) is 1.35. The Morgan fingerprint density at radius 3 is 2.36 bits per heavy atom. The third kappa shape index (κ3) is 3.29. The predicted octanol–water partition coefficient (Wildman–Crippen LogP) is 6.58. The summed E-state index contributed by atoms with van der Waals surface area (Å²) in [6.45, 7) is 4.41. The number of aromatic nitrogens is 2. The number of imidazole rings is 1. The van der Waals surface area contributed by atoms with Gasteiger partial charge in [0, 0.05) is 17.7 Å². The van der Waals surface area contributed by atoms with Crippen molar-refractivity contribution in [3.8, 4) is 0 Å². The number of hydrogen-bond acceptors (Lipinski definition) is 3. The molecule has 0 spiro atoms. The van der Waals surface area contributed by atoms with Gasteiger partial charge in [0.25, 0.3) is 0 Å². The Hall–Kier alpha value is -3.66. The molecule has 4 nitrogen and oxygen atoms in total. The standard InChI is InChI=1S/C29H27N3O/c1-18(2)19-12-14-20(15-13-19)22-16-24-27(26(33)17-22)28(21-8-4-3-5-9-21)32-25-11-7-6-10-23(25)30-29(32)31-24/h3-15,18,22,28H,16-17H2,1-2H3,(H,30,31)/t22-,28+/m0/s1. The summed E-state index contributed by atoms with van der Waals surface area (Å²) in [5.41, 5.74) is 7.55. The largest absolute Gasteiger partial charge is 0.329 e. The highest BCUT2D eigenvalue weighted by molar-refractivity contribution is 6.01. The maximum atomic E-state index is 13.7. The number of allylic oxidation sites excluding steroid dienone is 2. The van der Waals surface area contributed by atoms with E-state index in [1.54, 1.807) is 0 Å². The number of nitrogens with zero attached hydrogens (tertiary/aromatic N) is 2. The average Bonchev–Trinajstić information content (AvgIpc) is 3.21. The molecule has 2 aliphatic rings. The lowest BCUT2D eigenvalue weighted by Gasteiger charge is -2.36. The van der Waals surface area contributed by atoms with Gasteiger partial charge in [0.2, 0.25) is 5.95 Å². The lowest BCUT2D eigenvalue weighted by atomic mass is 9.77. The minimum absolute atomic E-state index is 0.165. The maximum absolute atomic E-state index is 13.7. The maximum Gasteiger partial charge on any atom is 0.209 e. The van der Waals surface area contributed by atoms with Crippen molar-refractivity contribution in [3.05, 3.63) is 107 Å². The fourth-order valence-corrected chi connectivity index (χ4v) is 5.36. The molecule has 0 saturated heterocycles. The molecule has 1 aliphatic heterocycles. The van der Waals surface area contributed by atoms with Crippen LogP contribution in [0.25, 0.3) is 11.0 Å². The number of rotatable bonds is 3. The highest BCUT2D eigenvalue weighted by Crippen LogP contribution is 2.46. The van der Waals surface area contributed by atoms with Crippen molar-refractivity contribution >= 4 is 22.8 Å². The second kappa shape index (κ2) is 7.73. The molecule has 1 aromatic heterocycles. The van der Waals surface area contributed by atoms with Gasteiger partial charge in [-0.3, -0.25) is 9.36 Å². The first-order valence-corrected chi connectivity index (χ1v) is 11.7. The average molecular weight is 434 g/mol. The van der Waals surface area contributed by atoms with Crippen LogP contribution in [-0.4, -0.2) is 15.3 Å². The van der Waals surface area contributed by atoms with Crippen LogP contribution in [0.5, 0.6) is 0 Å². The molecule has 4 heteroatoms. The predicted molar refractivity (Wildman–Crippen MR) is 132 cm³/mol. The summed E-state index contributed by atoms with van der Waals surface area (Å²) in [6, 6.07) is 27.1. The zero-order chi connectivity index (χ0) is 22.5. The van der Waals surface area contributed by atoms with E-state index in [2.05, 4.69) is 66.2 Å². The number of fused-ring (bicyclic) bond motifs is 3. The summed E-state index contributed by atoms with van der Waals surface area (Å²) in [5, 5.41) is 3.56. The van der Waals surface area contributed by atoms with E-state index in [9.17, 15) is 4.79 Å². The van der Waals surface area contributed by atoms with Crippen LogP contribution in [0.3, 0.4) is 0 Å². The summed E-state index contributed by atoms with van der Waals surface area (Å²) < 4.78 is 2.19. The zero-order valence-corrected chi connectivity index (χ0v) is 19.0. The first-order chi connectivity index (χ1) is 16.1. The SMILES string of the molecule is CC(C)c1ccc([C@@H]2CC(=O)C3=C(C2)Nc2nc4ccccc4n2[C@@H]3c2ccccc2)cc1. The molecule has 4 aromatic rings. The Morgan fingerprint density at radius 2 is 1.61 bits per heavy atom. The van der Waals surface area contributed by atoms with Gasteiger partial charge in [-0.1, -0.05) is 80.6 Å². The third-order valence-corrected chi connectivity index (χ3v) is 7.09. The van der Waals surface area contributed by atoms with E-state index in [0.717, 1.165) is 40.2 Å². The number of carbonyl (C=O) groups excluding carboxylic acids is 1. The molecule has 0 unspecified atom stereocenters. The Morgan fingerprint density at radius 1 is 0.879 bits per heavy atom. The van der Waals surface area contributed by atoms with Crippen molar-refractivity contribution in [3.63, 3.8) is 0 Å². The Kier molecular flexibility index (Phi) is 4.68. The molecular weight excluding hydrogens is 406 g/mol. The minimum atomic E-state index is -0.165. The van der Waals surface area contributed by atoms with Crippen molar-refractivity contribution in [1.29, 1.82) is 0 Å². The van der Waals surface area contributed by atoms with E-state index < -0.39 is 0 Å². The second-order valence-electron chi connectivity index (χ2n) is 9.47. The van der Waals surface area contributed by atoms with Gasteiger partial charge in [0.1, 0.15) is 0 Å². The van der Waals surface area contributed by atoms with Crippen molar-refractivity contribution in [2.24, 2.45) is 0 Å². The lowest BCUT2D eigenvalue weighted by Crippen LogP contribution is -2.33. The number of hydrogen-bond donors (Lipinski definition) is 1. The highest BCUT2D eigenvalue weighted by Gasteiger charge is 2.39. The van der Waals surface area contributed by atoms with Gasteiger partial charge in [-0.25, -0.2) is 4.98 Å². The molecule has 1 N–H and O–H groups in total. The number of anilines is 1. The topological polar surface area (TPSA) is 46.9 Å². The molecule has 164 valence electrons. The second-order valence-corrected chi connectivity index (χ2v) is 9.47. The van der Waals surface area contributed by atoms with Crippen molar-refractivity contribution in [2.75, 3.05) is 5.32 Å². The van der Waals surface area contributed by atoms with Crippen molar-refractivity contribution in [1.82, 2.24) is 9.55 Å². The molecule has 0 radical (unpaired) electrons. The Labute approximate surface area is 194 Å². The van der Waals surface area contributed by atoms with Crippen LogP contribution in [-0.2, 0) is 4.79 Å². The van der Waals surface area contributed by atoms with Crippen LogP contribution in [0, 0.1) is 0 Å². The van der Waals surface area contributed by atoms with E-state index >= 15 is 0 Å². The summed E-state index contributed by atoms with van der Waals surface area (Å²) in [5.74, 6) is 1.71. The molecule has 3 aromatic carbocycles. The molecule has 6 rings (SSSR count). The van der Waals surface area contributed by atoms with E-state index in [1.165, 1.54) is 11.1 Å². The normalized spacial score (nSPS) is 20.0. The lowest BCUT2D eigenvalue weighted by molar-refractivity contribution is -0.116. The van der Waals surface area contributed by atoms with Crippen LogP contribution in [0.4, 0.5) is 5.95 Å². The van der Waals surface area contributed by atoms with Gasteiger partial charge >= 0.3 is 0 Å². The van der Waals surface area contributed by atoms with E-state index in [-0.39, 0.29) is 17.7 Å². The van der Waals surface area contributed by atoms with Crippen molar-refractivity contribution < 1.29 is 4.79 Å². The zero-order valence-electron chi connectivity index (χ0n) is 19.0. The van der Waals surface area contributed by atoms with Gasteiger partial charge in [-0.15, -0.1) is 0 Å². The number of para-hydroxylation sites is 2. The first-order valence-electron chi connectivity index (χ1n) is 11.7. The molecule has 0 amide bonds. The summed E-state index contributed by atoms with van der Waals surface area (Å²) in [4.78, 5) is 18.6. The van der Waals surface area contributed by atoms with Crippen LogP contribution >= 0.6 is 0 Å². The fraction of sp³-hybridized carbons (Fsp3) is 0.241. The molecule has 0 saturated carbocycles. The van der Waals surface area contributed by atoms with Crippen molar-refractivity contribution in [2.45, 2.75) is 44.6 Å². The van der Waals surface area contributed by atoms with Gasteiger partial charge < -0.3 is 5.32 Å². The Balaban J connectivity index is 1.46. The number of carbonyl (C=O) groups is 1. The van der Waals surface area contributed by atoms with Crippen LogP contribution < -0.4 is 5.32 Å². The van der Waals surface area contributed by atoms with E-state index in [4.69, 9.17) is 4.98 Å².